The fourth-order valence-corrected chi connectivity index (χ4v) is 0.129. The van der Waals surface area contributed by atoms with Crippen LogP contribution in [0.2, 0.25) is 0 Å². The van der Waals surface area contributed by atoms with Crippen molar-refractivity contribution in [3.8, 4) is 0 Å². The second-order valence-electron chi connectivity index (χ2n) is 1.38. The topological polar surface area (TPSA) is 20.3 Å². The molecule has 0 aliphatic carbocycles. The molecule has 0 saturated carbocycles. The second kappa shape index (κ2) is 6.23. The number of carbonyl (C=O) groups excluding carboxylic acids is 1. The fraction of sp³-hybridized carbons (Fsp3) is 0.750. The van der Waals surface area contributed by atoms with Gasteiger partial charge in [0.25, 0.3) is 0 Å². The SMILES string of the molecule is CN(C)C[C-]=O.[Li+]. The molecule has 0 spiro atoms. The van der Waals surface area contributed by atoms with E-state index in [0.29, 0.717) is 6.54 Å². The Balaban J connectivity index is 0. The van der Waals surface area contributed by atoms with Gasteiger partial charge in [0.15, 0.2) is 0 Å². The van der Waals surface area contributed by atoms with Gasteiger partial charge in [-0.15, -0.1) is 0 Å². The Hall–Kier alpha value is 0.227. The summed E-state index contributed by atoms with van der Waals surface area (Å²) in [7, 11) is 3.65. The molecule has 2 nitrogen and oxygen atoms in total. The molecule has 0 aliphatic heterocycles. The number of hydrogen-bond donors (Lipinski definition) is 0. The first-order chi connectivity index (χ1) is 2.77. The normalized spacial score (nSPS) is 7.86. The Labute approximate surface area is 56.1 Å². The van der Waals surface area contributed by atoms with Crippen LogP contribution in [0.25, 0.3) is 0 Å². The minimum absolute atomic E-state index is 0. The van der Waals surface area contributed by atoms with E-state index in [9.17, 15) is 4.79 Å². The molecule has 0 aromatic rings. The number of hydrogen-bond acceptors (Lipinski definition) is 2. The van der Waals surface area contributed by atoms with Crippen molar-refractivity contribution in [2.45, 2.75) is 0 Å². The summed E-state index contributed by atoms with van der Waals surface area (Å²) >= 11 is 0. The van der Waals surface area contributed by atoms with Crippen LogP contribution in [-0.4, -0.2) is 31.8 Å². The molecule has 0 aromatic heterocycles. The standard InChI is InChI=1S/C4H8NO.Li/c1-5(2)3-4-6;/h3H2,1-2H3;/q-1;+1. The number of rotatable bonds is 2. The Kier molecular flexibility index (Phi) is 9.13. The van der Waals surface area contributed by atoms with E-state index >= 15 is 0 Å². The monoisotopic (exact) mass is 93.1 g/mol. The van der Waals surface area contributed by atoms with Gasteiger partial charge in [0.1, 0.15) is 0 Å². The third-order valence-corrected chi connectivity index (χ3v) is 0.381. The minimum Gasteiger partial charge on any atom is -0.541 e. The number of nitrogens with zero attached hydrogens (tertiary/aromatic N) is 1. The zero-order chi connectivity index (χ0) is 4.99. The van der Waals surface area contributed by atoms with Crippen LogP contribution in [-0.2, 0) is 4.79 Å². The van der Waals surface area contributed by atoms with Gasteiger partial charge in [-0.3, -0.25) is 0 Å². The molecule has 36 valence electrons. The quantitative estimate of drug-likeness (QED) is 0.263. The molecule has 0 bridgehead atoms. The van der Waals surface area contributed by atoms with Gasteiger partial charge < -0.3 is 9.69 Å². The maximum atomic E-state index is 9.45. The van der Waals surface area contributed by atoms with Gasteiger partial charge in [0.2, 0.25) is 0 Å². The smallest absolute Gasteiger partial charge is 0.541 e. The molecule has 0 N–H and O–H groups in total. The first kappa shape index (κ1) is 10.3. The van der Waals surface area contributed by atoms with Crippen LogP contribution >= 0.6 is 0 Å². The van der Waals surface area contributed by atoms with Crippen molar-refractivity contribution in [1.29, 1.82) is 0 Å². The van der Waals surface area contributed by atoms with Crippen molar-refractivity contribution in [1.82, 2.24) is 4.90 Å². The Morgan fingerprint density at radius 1 is 1.57 bits per heavy atom. The predicted octanol–water partition coefficient (Wildman–Crippen LogP) is -3.34. The molecule has 0 unspecified atom stereocenters. The van der Waals surface area contributed by atoms with Gasteiger partial charge >= 0.3 is 18.9 Å². The van der Waals surface area contributed by atoms with Crippen molar-refractivity contribution in [3.05, 3.63) is 0 Å². The largest absolute Gasteiger partial charge is 1.00 e. The average Bonchev–Trinajstić information content (AvgIpc) is 1.35. The van der Waals surface area contributed by atoms with E-state index in [2.05, 4.69) is 0 Å². The number of likely N-dealkylation sites (N-methyl/N-ethyl adjacent to an activating group) is 1. The third-order valence-electron chi connectivity index (χ3n) is 0.381. The summed E-state index contributed by atoms with van der Waals surface area (Å²) in [4.78, 5) is 11.2. The molecular weight excluding hydrogens is 85.0 g/mol. The summed E-state index contributed by atoms with van der Waals surface area (Å²) in [5.74, 6) is 0. The van der Waals surface area contributed by atoms with E-state index in [4.69, 9.17) is 0 Å². The Morgan fingerprint density at radius 2 is 2.00 bits per heavy atom. The van der Waals surface area contributed by atoms with Crippen LogP contribution in [0.15, 0.2) is 0 Å². The summed E-state index contributed by atoms with van der Waals surface area (Å²) in [5, 5.41) is 0. The first-order valence-electron chi connectivity index (χ1n) is 1.77. The zero-order valence-electron chi connectivity index (χ0n) is 5.06. The van der Waals surface area contributed by atoms with Crippen LogP contribution < -0.4 is 18.9 Å². The summed E-state index contributed by atoms with van der Waals surface area (Å²) < 4.78 is 0. The summed E-state index contributed by atoms with van der Waals surface area (Å²) in [6.07, 6.45) is 1.74. The van der Waals surface area contributed by atoms with E-state index in [-0.39, 0.29) is 18.9 Å². The van der Waals surface area contributed by atoms with Crippen LogP contribution in [0.4, 0.5) is 0 Å². The molecule has 0 atom stereocenters. The molecule has 3 heteroatoms. The summed E-state index contributed by atoms with van der Waals surface area (Å²) in [6, 6.07) is 0. The van der Waals surface area contributed by atoms with Crippen molar-refractivity contribution in [3.63, 3.8) is 0 Å². The third kappa shape index (κ3) is 10.7. The summed E-state index contributed by atoms with van der Waals surface area (Å²) in [6.45, 7) is 0.403. The molecule has 0 heterocycles. The molecule has 0 rings (SSSR count). The molecular formula is C4H8LiNO. The van der Waals surface area contributed by atoms with Crippen LogP contribution in [0.5, 0.6) is 0 Å². The van der Waals surface area contributed by atoms with Gasteiger partial charge in [0.05, 0.1) is 0 Å². The fourth-order valence-electron chi connectivity index (χ4n) is 0.129. The molecule has 0 aromatic carbocycles. The van der Waals surface area contributed by atoms with Crippen LogP contribution in [0.3, 0.4) is 0 Å². The predicted molar refractivity (Wildman–Crippen MR) is 24.2 cm³/mol. The van der Waals surface area contributed by atoms with Gasteiger partial charge in [-0.1, -0.05) is 6.54 Å². The minimum atomic E-state index is 0. The van der Waals surface area contributed by atoms with E-state index in [0.717, 1.165) is 0 Å². The molecule has 0 radical (unpaired) electrons. The average molecular weight is 93.1 g/mol. The Morgan fingerprint density at radius 3 is 2.00 bits per heavy atom. The van der Waals surface area contributed by atoms with Crippen molar-refractivity contribution < 1.29 is 23.7 Å². The van der Waals surface area contributed by atoms with Gasteiger partial charge in [0, 0.05) is 0 Å². The van der Waals surface area contributed by atoms with Gasteiger partial charge in [-0.2, -0.15) is 0 Å². The van der Waals surface area contributed by atoms with Crippen LogP contribution in [0, 0.1) is 0 Å². The van der Waals surface area contributed by atoms with Crippen molar-refractivity contribution in [2.75, 3.05) is 20.6 Å². The zero-order valence-corrected chi connectivity index (χ0v) is 5.06. The molecule has 0 fully saturated rings. The molecule has 0 amide bonds. The molecule has 0 saturated heterocycles. The maximum Gasteiger partial charge on any atom is 1.00 e. The van der Waals surface area contributed by atoms with Crippen molar-refractivity contribution in [2.24, 2.45) is 0 Å². The Bertz CT molecular complexity index is 47.0. The first-order valence-corrected chi connectivity index (χ1v) is 1.77. The van der Waals surface area contributed by atoms with Crippen LogP contribution in [0.1, 0.15) is 0 Å². The second-order valence-corrected chi connectivity index (χ2v) is 1.38. The van der Waals surface area contributed by atoms with E-state index in [1.807, 2.05) is 14.1 Å². The summed E-state index contributed by atoms with van der Waals surface area (Å²) in [5.41, 5.74) is 0. The van der Waals surface area contributed by atoms with Crippen molar-refractivity contribution >= 4 is 6.29 Å². The van der Waals surface area contributed by atoms with E-state index in [1.165, 1.54) is 0 Å². The molecule has 0 aliphatic rings. The van der Waals surface area contributed by atoms with E-state index in [1.54, 1.807) is 11.2 Å². The maximum absolute atomic E-state index is 9.45. The molecule has 7 heavy (non-hydrogen) atoms. The van der Waals surface area contributed by atoms with Gasteiger partial charge in [-0.05, 0) is 14.1 Å². The van der Waals surface area contributed by atoms with Gasteiger partial charge in [-0.25, -0.2) is 6.29 Å². The van der Waals surface area contributed by atoms with E-state index < -0.39 is 0 Å².